The fourth-order valence-corrected chi connectivity index (χ4v) is 2.72. The first kappa shape index (κ1) is 15.3. The Morgan fingerprint density at radius 3 is 2.43 bits per heavy atom. The molecule has 2 aromatic rings. The summed E-state index contributed by atoms with van der Waals surface area (Å²) in [6, 6.07) is 11.4. The topological polar surface area (TPSA) is 46.5 Å². The number of hydrogen-bond acceptors (Lipinski definition) is 3. The van der Waals surface area contributed by atoms with Gasteiger partial charge in [-0.05, 0) is 42.2 Å². The molecule has 0 radical (unpaired) electrons. The molecule has 1 fully saturated rings. The van der Waals surface area contributed by atoms with Crippen LogP contribution in [0.2, 0.25) is 0 Å². The van der Waals surface area contributed by atoms with Gasteiger partial charge in [0.25, 0.3) is 0 Å². The molecule has 0 atom stereocenters. The van der Waals surface area contributed by atoms with E-state index in [1.165, 1.54) is 12.1 Å². The van der Waals surface area contributed by atoms with E-state index in [-0.39, 0.29) is 12.4 Å². The molecular weight excluding hydrogens is 295 g/mol. The second kappa shape index (κ2) is 5.88. The summed E-state index contributed by atoms with van der Waals surface area (Å²) in [7, 11) is 0. The summed E-state index contributed by atoms with van der Waals surface area (Å²) in [5.74, 6) is -0.648. The lowest BCUT2D eigenvalue weighted by atomic mass is 9.93. The maximum absolute atomic E-state index is 14.6. The smallest absolute Gasteiger partial charge is 0.316 e. The first-order valence-electron chi connectivity index (χ1n) is 7.44. The normalized spacial score (nSPS) is 15.0. The van der Waals surface area contributed by atoms with Crippen molar-refractivity contribution in [3.05, 3.63) is 66.5 Å². The van der Waals surface area contributed by atoms with Gasteiger partial charge in [-0.25, -0.2) is 4.39 Å². The highest BCUT2D eigenvalue weighted by atomic mass is 19.1. The van der Waals surface area contributed by atoms with Crippen molar-refractivity contribution in [2.75, 3.05) is 6.61 Å². The number of carbonyl (C=O) groups excluding carboxylic acids is 1. The minimum Gasteiger partial charge on any atom is -0.508 e. The zero-order valence-electron chi connectivity index (χ0n) is 12.6. The molecule has 0 bridgehead atoms. The van der Waals surface area contributed by atoms with Crippen LogP contribution < -0.4 is 0 Å². The van der Waals surface area contributed by atoms with E-state index in [0.29, 0.717) is 24.0 Å². The van der Waals surface area contributed by atoms with Crippen LogP contribution >= 0.6 is 0 Å². The maximum Gasteiger partial charge on any atom is 0.316 e. The van der Waals surface area contributed by atoms with Crippen LogP contribution in [-0.2, 0) is 14.9 Å². The lowest BCUT2D eigenvalue weighted by molar-refractivity contribution is -0.145. The monoisotopic (exact) mass is 312 g/mol. The average molecular weight is 312 g/mol. The quantitative estimate of drug-likeness (QED) is 0.671. The van der Waals surface area contributed by atoms with Crippen molar-refractivity contribution >= 4 is 5.97 Å². The highest BCUT2D eigenvalue weighted by molar-refractivity contribution is 5.87. The molecule has 1 N–H and O–H groups in total. The van der Waals surface area contributed by atoms with Crippen molar-refractivity contribution in [3.8, 4) is 16.9 Å². The van der Waals surface area contributed by atoms with Crippen molar-refractivity contribution in [1.82, 2.24) is 0 Å². The number of halogens is 1. The molecule has 0 unspecified atom stereocenters. The van der Waals surface area contributed by atoms with Crippen molar-refractivity contribution in [2.24, 2.45) is 0 Å². The van der Waals surface area contributed by atoms with Crippen LogP contribution in [0.1, 0.15) is 18.4 Å². The number of carbonyl (C=O) groups is 1. The Kier molecular flexibility index (Phi) is 3.90. The molecule has 3 nitrogen and oxygen atoms in total. The van der Waals surface area contributed by atoms with Crippen LogP contribution in [0.4, 0.5) is 4.39 Å². The van der Waals surface area contributed by atoms with Gasteiger partial charge in [0, 0.05) is 5.56 Å². The van der Waals surface area contributed by atoms with E-state index in [9.17, 15) is 14.3 Å². The third-order valence-corrected chi connectivity index (χ3v) is 4.16. The van der Waals surface area contributed by atoms with E-state index < -0.39 is 17.2 Å². The largest absolute Gasteiger partial charge is 0.508 e. The van der Waals surface area contributed by atoms with Crippen molar-refractivity contribution in [2.45, 2.75) is 18.3 Å². The standard InChI is InChI=1S/C19H17FO3/c1-2-11-23-18(22)19(9-10-19)16-8-5-14(12-17(16)20)13-3-6-15(21)7-4-13/h2-8,12,21H,1,9-11H2. The molecule has 0 saturated heterocycles. The summed E-state index contributed by atoms with van der Waals surface area (Å²) in [5.41, 5.74) is 1.03. The van der Waals surface area contributed by atoms with Gasteiger partial charge in [0.15, 0.2) is 0 Å². The number of benzene rings is 2. The fraction of sp³-hybridized carbons (Fsp3) is 0.211. The molecule has 1 saturated carbocycles. The van der Waals surface area contributed by atoms with Gasteiger partial charge in [0.2, 0.25) is 0 Å². The summed E-state index contributed by atoms with van der Waals surface area (Å²) in [6.45, 7) is 3.64. The lowest BCUT2D eigenvalue weighted by Gasteiger charge is -2.16. The molecule has 0 aromatic heterocycles. The Hall–Kier alpha value is -2.62. The molecule has 3 rings (SSSR count). The Balaban J connectivity index is 1.89. The predicted octanol–water partition coefficient (Wildman–Crippen LogP) is 3.96. The fourth-order valence-electron chi connectivity index (χ4n) is 2.72. The minimum atomic E-state index is -0.847. The SMILES string of the molecule is C=CCOC(=O)C1(c2ccc(-c3ccc(O)cc3)cc2F)CC1. The first-order valence-corrected chi connectivity index (χ1v) is 7.44. The third kappa shape index (κ3) is 2.84. The van der Waals surface area contributed by atoms with Crippen LogP contribution in [0.15, 0.2) is 55.1 Å². The van der Waals surface area contributed by atoms with E-state index in [0.717, 1.165) is 5.56 Å². The van der Waals surface area contributed by atoms with Gasteiger partial charge in [-0.2, -0.15) is 0 Å². The zero-order valence-corrected chi connectivity index (χ0v) is 12.6. The summed E-state index contributed by atoms with van der Waals surface area (Å²) >= 11 is 0. The molecule has 0 heterocycles. The van der Waals surface area contributed by atoms with E-state index >= 15 is 0 Å². The Morgan fingerprint density at radius 2 is 1.87 bits per heavy atom. The van der Waals surface area contributed by atoms with Gasteiger partial charge in [-0.15, -0.1) is 0 Å². The summed E-state index contributed by atoms with van der Waals surface area (Å²) in [5, 5.41) is 9.32. The van der Waals surface area contributed by atoms with E-state index in [4.69, 9.17) is 4.74 Å². The molecule has 23 heavy (non-hydrogen) atoms. The van der Waals surface area contributed by atoms with Gasteiger partial charge < -0.3 is 9.84 Å². The van der Waals surface area contributed by atoms with Gasteiger partial charge in [-0.1, -0.05) is 36.9 Å². The number of rotatable bonds is 5. The van der Waals surface area contributed by atoms with Crippen LogP contribution in [0.3, 0.4) is 0 Å². The molecule has 0 spiro atoms. The molecule has 1 aliphatic rings. The highest BCUT2D eigenvalue weighted by Gasteiger charge is 2.54. The molecular formula is C19H17FO3. The Morgan fingerprint density at radius 1 is 1.22 bits per heavy atom. The van der Waals surface area contributed by atoms with Gasteiger partial charge in [0.05, 0.1) is 5.41 Å². The summed E-state index contributed by atoms with van der Waals surface area (Å²) in [4.78, 5) is 12.2. The van der Waals surface area contributed by atoms with E-state index in [1.807, 2.05) is 0 Å². The first-order chi connectivity index (χ1) is 11.1. The molecule has 118 valence electrons. The minimum absolute atomic E-state index is 0.133. The van der Waals surface area contributed by atoms with Crippen molar-refractivity contribution in [3.63, 3.8) is 0 Å². The molecule has 1 aliphatic carbocycles. The predicted molar refractivity (Wildman–Crippen MR) is 85.6 cm³/mol. The van der Waals surface area contributed by atoms with Crippen molar-refractivity contribution in [1.29, 1.82) is 0 Å². The maximum atomic E-state index is 14.6. The van der Waals surface area contributed by atoms with Crippen LogP contribution in [0.5, 0.6) is 5.75 Å². The van der Waals surface area contributed by atoms with Gasteiger partial charge in [-0.3, -0.25) is 4.79 Å². The summed E-state index contributed by atoms with van der Waals surface area (Å²) < 4.78 is 19.7. The highest BCUT2D eigenvalue weighted by Crippen LogP contribution is 2.50. The third-order valence-electron chi connectivity index (χ3n) is 4.16. The summed E-state index contributed by atoms with van der Waals surface area (Å²) in [6.07, 6.45) is 2.69. The van der Waals surface area contributed by atoms with Gasteiger partial charge in [0.1, 0.15) is 18.2 Å². The van der Waals surface area contributed by atoms with E-state index in [2.05, 4.69) is 6.58 Å². The number of phenolic OH excluding ortho intramolecular Hbond substituents is 1. The van der Waals surface area contributed by atoms with Gasteiger partial charge >= 0.3 is 5.97 Å². The number of esters is 1. The lowest BCUT2D eigenvalue weighted by Crippen LogP contribution is -2.24. The zero-order chi connectivity index (χ0) is 16.4. The van der Waals surface area contributed by atoms with Crippen molar-refractivity contribution < 1.29 is 19.0 Å². The number of phenols is 1. The second-order valence-electron chi connectivity index (χ2n) is 5.71. The Labute approximate surface area is 134 Å². The molecule has 4 heteroatoms. The Bertz CT molecular complexity index is 746. The molecule has 2 aromatic carbocycles. The number of ether oxygens (including phenoxy) is 1. The average Bonchev–Trinajstić information content (AvgIpc) is 3.35. The van der Waals surface area contributed by atoms with Crippen LogP contribution in [0, 0.1) is 5.82 Å². The van der Waals surface area contributed by atoms with Crippen LogP contribution in [-0.4, -0.2) is 17.7 Å². The molecule has 0 aliphatic heterocycles. The molecule has 0 amide bonds. The van der Waals surface area contributed by atoms with E-state index in [1.54, 1.807) is 36.4 Å². The second-order valence-corrected chi connectivity index (χ2v) is 5.71. The van der Waals surface area contributed by atoms with Crippen LogP contribution in [0.25, 0.3) is 11.1 Å². The number of aromatic hydroxyl groups is 1. The number of hydrogen-bond donors (Lipinski definition) is 1.